The molecule has 0 bridgehead atoms. The summed E-state index contributed by atoms with van der Waals surface area (Å²) in [5.74, 6) is 1.74. The largest absolute Gasteiger partial charge is 0.493 e. The molecule has 0 aliphatic rings. The van der Waals surface area contributed by atoms with Crippen molar-refractivity contribution in [1.82, 2.24) is 0 Å². The monoisotopic (exact) mass is 422 g/mol. The third kappa shape index (κ3) is 5.93. The molecule has 2 aromatic rings. The molecule has 1 nitrogen and oxygen atoms in total. The van der Waals surface area contributed by atoms with Crippen LogP contribution in [-0.2, 0) is 11.8 Å². The number of benzene rings is 2. The summed E-state index contributed by atoms with van der Waals surface area (Å²) in [6.07, 6.45) is 5.64. The first kappa shape index (κ1) is 25.5. The quantitative estimate of drug-likeness (QED) is 0.371. The Morgan fingerprint density at radius 1 is 0.839 bits per heavy atom. The molecule has 0 saturated heterocycles. The van der Waals surface area contributed by atoms with Gasteiger partial charge in [0.15, 0.2) is 0 Å². The van der Waals surface area contributed by atoms with Crippen molar-refractivity contribution in [3.8, 4) is 5.75 Å². The highest BCUT2D eigenvalue weighted by Crippen LogP contribution is 2.41. The van der Waals surface area contributed by atoms with E-state index in [4.69, 9.17) is 4.74 Å². The smallest absolute Gasteiger partial charge is 0.122 e. The fourth-order valence-electron chi connectivity index (χ4n) is 4.63. The van der Waals surface area contributed by atoms with Gasteiger partial charge in [-0.25, -0.2) is 0 Å². The third-order valence-corrected chi connectivity index (χ3v) is 7.62. The van der Waals surface area contributed by atoms with Crippen LogP contribution in [0.2, 0.25) is 0 Å². The lowest BCUT2D eigenvalue weighted by atomic mass is 9.69. The highest BCUT2D eigenvalue weighted by molar-refractivity contribution is 5.47. The molecule has 0 aliphatic heterocycles. The maximum atomic E-state index is 5.93. The van der Waals surface area contributed by atoms with Crippen molar-refractivity contribution in [2.24, 2.45) is 11.3 Å². The van der Waals surface area contributed by atoms with E-state index in [1.54, 1.807) is 0 Å². The van der Waals surface area contributed by atoms with E-state index < -0.39 is 0 Å². The van der Waals surface area contributed by atoms with Crippen molar-refractivity contribution in [2.45, 2.75) is 99.8 Å². The van der Waals surface area contributed by atoms with Crippen LogP contribution in [-0.4, -0.2) is 6.61 Å². The summed E-state index contributed by atoms with van der Waals surface area (Å²) in [4.78, 5) is 0. The molecule has 0 aliphatic carbocycles. The van der Waals surface area contributed by atoms with Gasteiger partial charge in [-0.3, -0.25) is 0 Å². The van der Waals surface area contributed by atoms with Gasteiger partial charge in [0, 0.05) is 5.41 Å². The standard InChI is InChI=1S/C30H46O/c1-10-19-31-28-18-17-27(21-23(28)5)30(11-2,12-3)26-16-15-25(22(4)20-26)14-13-24(6)29(7,8)9/h15-18,20-21,24H,10-14,19H2,1-9H3. The zero-order valence-electron chi connectivity index (χ0n) is 21.7. The van der Waals surface area contributed by atoms with Gasteiger partial charge in [-0.1, -0.05) is 78.8 Å². The second kappa shape index (κ2) is 10.7. The number of rotatable bonds is 10. The molecule has 0 aromatic heterocycles. The number of aryl methyl sites for hydroxylation is 3. The van der Waals surface area contributed by atoms with Gasteiger partial charge in [-0.15, -0.1) is 0 Å². The molecule has 1 heteroatoms. The SMILES string of the molecule is CCCOc1ccc(C(CC)(CC)c2ccc(CCC(C)C(C)(C)C)c(C)c2)cc1C. The van der Waals surface area contributed by atoms with Crippen LogP contribution in [0.15, 0.2) is 36.4 Å². The van der Waals surface area contributed by atoms with Crippen LogP contribution in [0.25, 0.3) is 0 Å². The lowest BCUT2D eigenvalue weighted by Crippen LogP contribution is -2.26. The topological polar surface area (TPSA) is 9.23 Å². The minimum atomic E-state index is 0.0516. The average molecular weight is 423 g/mol. The van der Waals surface area contributed by atoms with E-state index in [-0.39, 0.29) is 5.41 Å². The summed E-state index contributed by atoms with van der Waals surface area (Å²) in [5.41, 5.74) is 7.46. The molecule has 0 spiro atoms. The molecule has 1 unspecified atom stereocenters. The van der Waals surface area contributed by atoms with Crippen LogP contribution in [0.4, 0.5) is 0 Å². The molecule has 0 saturated carbocycles. The highest BCUT2D eigenvalue weighted by atomic mass is 16.5. The number of hydrogen-bond donors (Lipinski definition) is 0. The van der Waals surface area contributed by atoms with Gasteiger partial charge in [-0.2, -0.15) is 0 Å². The van der Waals surface area contributed by atoms with Crippen LogP contribution in [0.1, 0.15) is 102 Å². The Morgan fingerprint density at radius 3 is 1.90 bits per heavy atom. The minimum absolute atomic E-state index is 0.0516. The summed E-state index contributed by atoms with van der Waals surface area (Å²) in [6.45, 7) is 21.5. The zero-order valence-corrected chi connectivity index (χ0v) is 21.7. The van der Waals surface area contributed by atoms with Crippen molar-refractivity contribution in [3.05, 3.63) is 64.2 Å². The molecule has 0 heterocycles. The van der Waals surface area contributed by atoms with Gasteiger partial charge in [-0.05, 0) is 91.2 Å². The van der Waals surface area contributed by atoms with Crippen LogP contribution in [0.5, 0.6) is 5.75 Å². The fourth-order valence-corrected chi connectivity index (χ4v) is 4.63. The third-order valence-electron chi connectivity index (χ3n) is 7.62. The Kier molecular flexibility index (Phi) is 8.81. The molecule has 2 aromatic carbocycles. The molecule has 2 rings (SSSR count). The summed E-state index contributed by atoms with van der Waals surface area (Å²) in [6, 6.07) is 14.1. The van der Waals surface area contributed by atoms with Crippen LogP contribution >= 0.6 is 0 Å². The maximum Gasteiger partial charge on any atom is 0.122 e. The summed E-state index contributed by atoms with van der Waals surface area (Å²) >= 11 is 0. The first-order valence-electron chi connectivity index (χ1n) is 12.4. The van der Waals surface area contributed by atoms with Gasteiger partial charge in [0.2, 0.25) is 0 Å². The molecular weight excluding hydrogens is 376 g/mol. The summed E-state index contributed by atoms with van der Waals surface area (Å²) in [7, 11) is 0. The lowest BCUT2D eigenvalue weighted by molar-refractivity contribution is 0.247. The van der Waals surface area contributed by atoms with Crippen LogP contribution < -0.4 is 4.74 Å². The maximum absolute atomic E-state index is 5.93. The first-order chi connectivity index (χ1) is 14.6. The summed E-state index contributed by atoms with van der Waals surface area (Å²) in [5, 5.41) is 0. The Bertz CT molecular complexity index is 836. The molecule has 0 N–H and O–H groups in total. The highest BCUT2D eigenvalue weighted by Gasteiger charge is 2.31. The second-order valence-corrected chi connectivity index (χ2v) is 10.6. The van der Waals surface area contributed by atoms with E-state index in [1.165, 1.54) is 40.7 Å². The Morgan fingerprint density at radius 2 is 1.42 bits per heavy atom. The van der Waals surface area contributed by atoms with Crippen molar-refractivity contribution >= 4 is 0 Å². The van der Waals surface area contributed by atoms with Crippen molar-refractivity contribution in [2.75, 3.05) is 6.61 Å². The average Bonchev–Trinajstić information content (AvgIpc) is 2.73. The van der Waals surface area contributed by atoms with E-state index in [2.05, 4.69) is 98.7 Å². The first-order valence-corrected chi connectivity index (χ1v) is 12.4. The molecule has 172 valence electrons. The van der Waals surface area contributed by atoms with Crippen LogP contribution in [0, 0.1) is 25.2 Å². The van der Waals surface area contributed by atoms with Crippen molar-refractivity contribution in [3.63, 3.8) is 0 Å². The Labute approximate surface area is 192 Å². The van der Waals surface area contributed by atoms with Gasteiger partial charge in [0.1, 0.15) is 5.75 Å². The molecular formula is C30H46O. The molecule has 31 heavy (non-hydrogen) atoms. The van der Waals surface area contributed by atoms with Crippen LogP contribution in [0.3, 0.4) is 0 Å². The molecule has 0 fully saturated rings. The van der Waals surface area contributed by atoms with E-state index in [9.17, 15) is 0 Å². The van der Waals surface area contributed by atoms with E-state index in [0.717, 1.165) is 31.6 Å². The van der Waals surface area contributed by atoms with E-state index in [0.29, 0.717) is 11.3 Å². The Balaban J connectivity index is 2.34. The normalized spacial score (nSPS) is 13.3. The van der Waals surface area contributed by atoms with Crippen molar-refractivity contribution < 1.29 is 4.74 Å². The summed E-state index contributed by atoms with van der Waals surface area (Å²) < 4.78 is 5.93. The minimum Gasteiger partial charge on any atom is -0.493 e. The fraction of sp³-hybridized carbons (Fsp3) is 0.600. The lowest BCUT2D eigenvalue weighted by Gasteiger charge is -2.34. The molecule has 0 radical (unpaired) electrons. The predicted octanol–water partition coefficient (Wildman–Crippen LogP) is 8.81. The van der Waals surface area contributed by atoms with Gasteiger partial charge in [0.05, 0.1) is 6.61 Å². The molecule has 1 atom stereocenters. The van der Waals surface area contributed by atoms with Gasteiger partial charge in [0.25, 0.3) is 0 Å². The van der Waals surface area contributed by atoms with E-state index >= 15 is 0 Å². The van der Waals surface area contributed by atoms with E-state index in [1.807, 2.05) is 0 Å². The number of ether oxygens (including phenoxy) is 1. The predicted molar refractivity (Wildman–Crippen MR) is 136 cm³/mol. The van der Waals surface area contributed by atoms with Gasteiger partial charge < -0.3 is 4.74 Å². The van der Waals surface area contributed by atoms with Crippen molar-refractivity contribution in [1.29, 1.82) is 0 Å². The Hall–Kier alpha value is -1.76. The second-order valence-electron chi connectivity index (χ2n) is 10.6. The van der Waals surface area contributed by atoms with Gasteiger partial charge >= 0.3 is 0 Å². The zero-order chi connectivity index (χ0) is 23.2. The molecule has 0 amide bonds. The number of hydrogen-bond acceptors (Lipinski definition) is 1.